The number of nitrogens with zero attached hydrogens (tertiary/aromatic N) is 3. The fraction of sp³-hybridized carbons (Fsp3) is 0.214. The van der Waals surface area contributed by atoms with Crippen molar-refractivity contribution in [1.29, 1.82) is 0 Å². The number of rotatable bonds is 3. The number of anilines is 1. The third-order valence-electron chi connectivity index (χ3n) is 6.92. The number of halogens is 2. The molecule has 1 atom stereocenters. The summed E-state index contributed by atoms with van der Waals surface area (Å²) in [6.07, 6.45) is 0. The predicted octanol–water partition coefficient (Wildman–Crippen LogP) is 7.35. The number of fused-ring (bicyclic) bond motifs is 8. The van der Waals surface area contributed by atoms with E-state index in [0.717, 1.165) is 44.9 Å². The Bertz CT molecular complexity index is 1540. The lowest BCUT2D eigenvalue weighted by molar-refractivity contribution is 0.0988. The van der Waals surface area contributed by atoms with Crippen molar-refractivity contribution in [3.63, 3.8) is 0 Å². The van der Waals surface area contributed by atoms with Crippen LogP contribution in [0.5, 0.6) is 5.75 Å². The molecule has 1 aromatic heterocycles. The van der Waals surface area contributed by atoms with E-state index in [1.807, 2.05) is 71.1 Å². The Hall–Kier alpha value is -3.28. The van der Waals surface area contributed by atoms with E-state index in [2.05, 4.69) is 13.8 Å². The van der Waals surface area contributed by atoms with Crippen LogP contribution < -0.4 is 9.64 Å². The van der Waals surface area contributed by atoms with Gasteiger partial charge in [-0.05, 0) is 59.9 Å². The fourth-order valence-electron chi connectivity index (χ4n) is 5.52. The Balaban J connectivity index is 1.69. The smallest absolute Gasteiger partial charge is 0.280 e. The lowest BCUT2D eigenvalue weighted by Crippen LogP contribution is -2.34. The Kier molecular flexibility index (Phi) is 4.99. The Morgan fingerprint density at radius 1 is 1.06 bits per heavy atom. The number of ether oxygens (including phenoxy) is 1. The molecule has 0 bridgehead atoms. The van der Waals surface area contributed by atoms with E-state index in [1.165, 1.54) is 0 Å². The van der Waals surface area contributed by atoms with E-state index in [4.69, 9.17) is 33.0 Å². The molecule has 0 radical (unpaired) electrons. The van der Waals surface area contributed by atoms with Crippen LogP contribution in [0.3, 0.4) is 0 Å². The minimum atomic E-state index is -0.324. The maximum atomic E-state index is 14.1. The average molecular weight is 504 g/mol. The molecule has 176 valence electrons. The van der Waals surface area contributed by atoms with Crippen LogP contribution in [0, 0.1) is 6.92 Å². The van der Waals surface area contributed by atoms with Crippen molar-refractivity contribution in [1.82, 2.24) is 9.78 Å². The number of aryl methyl sites for hydroxylation is 1. The normalized spacial score (nSPS) is 15.7. The van der Waals surface area contributed by atoms with Gasteiger partial charge in [0.15, 0.2) is 5.69 Å². The molecule has 4 aromatic rings. The van der Waals surface area contributed by atoms with E-state index in [-0.39, 0.29) is 17.9 Å². The Morgan fingerprint density at radius 3 is 2.57 bits per heavy atom. The van der Waals surface area contributed by atoms with Crippen LogP contribution in [0.25, 0.3) is 16.8 Å². The van der Waals surface area contributed by atoms with Crippen molar-refractivity contribution in [2.24, 2.45) is 0 Å². The second kappa shape index (κ2) is 7.87. The molecule has 0 spiro atoms. The van der Waals surface area contributed by atoms with Gasteiger partial charge in [0, 0.05) is 16.1 Å². The summed E-state index contributed by atoms with van der Waals surface area (Å²) in [6.45, 7) is 6.25. The Morgan fingerprint density at radius 2 is 1.83 bits per heavy atom. The molecule has 5 nitrogen and oxygen atoms in total. The molecule has 0 saturated heterocycles. The minimum Gasteiger partial charge on any atom is -0.494 e. The number of carbonyl (C=O) groups is 1. The second-order valence-corrected chi connectivity index (χ2v) is 10.1. The first-order valence-corrected chi connectivity index (χ1v) is 12.3. The lowest BCUT2D eigenvalue weighted by Gasteiger charge is -2.36. The van der Waals surface area contributed by atoms with Crippen LogP contribution in [0.4, 0.5) is 5.69 Å². The summed E-state index contributed by atoms with van der Waals surface area (Å²) >= 11 is 13.2. The van der Waals surface area contributed by atoms with Gasteiger partial charge in [0.1, 0.15) is 11.4 Å². The highest BCUT2D eigenvalue weighted by Gasteiger charge is 2.49. The second-order valence-electron chi connectivity index (χ2n) is 9.28. The predicted molar refractivity (Wildman–Crippen MR) is 139 cm³/mol. The van der Waals surface area contributed by atoms with Crippen LogP contribution in [0.2, 0.25) is 10.0 Å². The quantitative estimate of drug-likeness (QED) is 0.293. The zero-order chi connectivity index (χ0) is 24.6. The van der Waals surface area contributed by atoms with Crippen molar-refractivity contribution < 1.29 is 9.53 Å². The van der Waals surface area contributed by atoms with E-state index in [1.54, 1.807) is 7.11 Å². The standard InChI is InChI=1S/C28H23Cl2N3O2/c1-14(2)25-23-24(31-33(25)20-7-5-6-8-21(20)35-4)28(34)32-26-15(3)9-12-19(30)22(26)18-13-16(29)10-11-17(18)27(23)32/h5-14,27H,1-4H3/t27-/m0/s1. The minimum absolute atomic E-state index is 0.0986. The highest BCUT2D eigenvalue weighted by Crippen LogP contribution is 2.56. The molecule has 0 fully saturated rings. The average Bonchev–Trinajstić information content (AvgIpc) is 3.36. The summed E-state index contributed by atoms with van der Waals surface area (Å²) in [5.41, 5.74) is 7.73. The first-order valence-electron chi connectivity index (χ1n) is 11.5. The first-order chi connectivity index (χ1) is 16.8. The lowest BCUT2D eigenvalue weighted by atomic mass is 9.84. The molecule has 2 aliphatic heterocycles. The van der Waals surface area contributed by atoms with E-state index < -0.39 is 0 Å². The van der Waals surface area contributed by atoms with E-state index in [0.29, 0.717) is 21.5 Å². The largest absolute Gasteiger partial charge is 0.494 e. The van der Waals surface area contributed by atoms with Crippen molar-refractivity contribution in [2.75, 3.05) is 12.0 Å². The van der Waals surface area contributed by atoms with Gasteiger partial charge in [-0.1, -0.05) is 61.3 Å². The van der Waals surface area contributed by atoms with Gasteiger partial charge < -0.3 is 4.74 Å². The van der Waals surface area contributed by atoms with Crippen LogP contribution >= 0.6 is 23.2 Å². The molecule has 6 rings (SSSR count). The number of hydrogen-bond acceptors (Lipinski definition) is 3. The maximum absolute atomic E-state index is 14.1. The summed E-state index contributed by atoms with van der Waals surface area (Å²) in [6, 6.07) is 17.1. The summed E-state index contributed by atoms with van der Waals surface area (Å²) in [5.74, 6) is 0.665. The van der Waals surface area contributed by atoms with Crippen LogP contribution in [0.1, 0.15) is 58.7 Å². The SMILES string of the molecule is COc1ccccc1-n1nc2c(c1C(C)C)[C@@H]1c3ccc(Cl)cc3-c3c(Cl)ccc(C)c3N1C2=O. The number of benzene rings is 3. The molecule has 7 heteroatoms. The third kappa shape index (κ3) is 3.01. The monoisotopic (exact) mass is 503 g/mol. The van der Waals surface area contributed by atoms with Gasteiger partial charge in [-0.15, -0.1) is 0 Å². The highest BCUT2D eigenvalue weighted by molar-refractivity contribution is 6.35. The van der Waals surface area contributed by atoms with Gasteiger partial charge in [0.05, 0.1) is 29.6 Å². The summed E-state index contributed by atoms with van der Waals surface area (Å²) < 4.78 is 7.50. The molecule has 2 aliphatic rings. The summed E-state index contributed by atoms with van der Waals surface area (Å²) in [5, 5.41) is 6.11. The molecule has 0 aliphatic carbocycles. The summed E-state index contributed by atoms with van der Waals surface area (Å²) in [4.78, 5) is 15.9. The molecule has 0 N–H and O–H groups in total. The van der Waals surface area contributed by atoms with Crippen LogP contribution in [-0.4, -0.2) is 22.8 Å². The molecule has 35 heavy (non-hydrogen) atoms. The number of amides is 1. The third-order valence-corrected chi connectivity index (χ3v) is 7.47. The highest BCUT2D eigenvalue weighted by atomic mass is 35.5. The molecule has 0 saturated carbocycles. The number of hydrogen-bond donors (Lipinski definition) is 0. The van der Waals surface area contributed by atoms with Crippen molar-refractivity contribution in [3.05, 3.63) is 92.7 Å². The van der Waals surface area contributed by atoms with Crippen molar-refractivity contribution in [2.45, 2.75) is 32.7 Å². The molecule has 3 heterocycles. The number of methoxy groups -OCH3 is 1. The van der Waals surface area contributed by atoms with Gasteiger partial charge >= 0.3 is 0 Å². The van der Waals surface area contributed by atoms with Gasteiger partial charge in [0.25, 0.3) is 5.91 Å². The van der Waals surface area contributed by atoms with Crippen molar-refractivity contribution >= 4 is 34.8 Å². The molecular formula is C28H23Cl2N3O2. The fourth-order valence-corrected chi connectivity index (χ4v) is 5.95. The zero-order valence-corrected chi connectivity index (χ0v) is 21.3. The van der Waals surface area contributed by atoms with Gasteiger partial charge in [-0.3, -0.25) is 9.69 Å². The van der Waals surface area contributed by atoms with Crippen LogP contribution in [0.15, 0.2) is 54.6 Å². The number of carbonyl (C=O) groups excluding carboxylic acids is 1. The molecular weight excluding hydrogens is 481 g/mol. The van der Waals surface area contributed by atoms with E-state index >= 15 is 0 Å². The van der Waals surface area contributed by atoms with E-state index in [9.17, 15) is 4.79 Å². The van der Waals surface area contributed by atoms with Gasteiger partial charge in [-0.2, -0.15) is 5.10 Å². The van der Waals surface area contributed by atoms with Gasteiger partial charge in [-0.25, -0.2) is 4.68 Å². The summed E-state index contributed by atoms with van der Waals surface area (Å²) in [7, 11) is 1.64. The number of para-hydroxylation sites is 2. The van der Waals surface area contributed by atoms with Crippen LogP contribution in [-0.2, 0) is 0 Å². The molecule has 3 aromatic carbocycles. The zero-order valence-electron chi connectivity index (χ0n) is 19.8. The maximum Gasteiger partial charge on any atom is 0.280 e. The molecule has 1 amide bonds. The van der Waals surface area contributed by atoms with Crippen molar-refractivity contribution in [3.8, 4) is 22.6 Å². The van der Waals surface area contributed by atoms with Gasteiger partial charge in [0.2, 0.25) is 0 Å². The first kappa shape index (κ1) is 22.2. The molecule has 0 unspecified atom stereocenters. The topological polar surface area (TPSA) is 47.4 Å². The number of aromatic nitrogens is 2. The Labute approximate surface area is 213 Å².